The van der Waals surface area contributed by atoms with Crippen LogP contribution < -0.4 is 10.6 Å². The van der Waals surface area contributed by atoms with Gasteiger partial charge in [0.15, 0.2) is 11.8 Å². The molecule has 1 aliphatic carbocycles. The van der Waals surface area contributed by atoms with Crippen molar-refractivity contribution < 1.29 is 0 Å². The third-order valence-corrected chi connectivity index (χ3v) is 5.99. The zero-order chi connectivity index (χ0) is 17.6. The third-order valence-electron chi connectivity index (χ3n) is 4.74. The first-order valence-electron chi connectivity index (χ1n) is 8.86. The first kappa shape index (κ1) is 22.5. The van der Waals surface area contributed by atoms with E-state index in [0.717, 1.165) is 24.2 Å². The summed E-state index contributed by atoms with van der Waals surface area (Å²) in [6.45, 7) is 7.87. The van der Waals surface area contributed by atoms with Gasteiger partial charge in [-0.3, -0.25) is 0 Å². The topological polar surface area (TPSA) is 67.1 Å². The van der Waals surface area contributed by atoms with Crippen molar-refractivity contribution in [3.8, 4) is 0 Å². The van der Waals surface area contributed by atoms with Crippen molar-refractivity contribution in [2.75, 3.05) is 12.8 Å². The highest BCUT2D eigenvalue weighted by Crippen LogP contribution is 2.20. The maximum atomic E-state index is 4.76. The SMILES string of the molecule is CSC(C)(C)CNC(=NCc1nnc(C)n1C)NC1CCCCC1.I. The first-order valence-corrected chi connectivity index (χ1v) is 10.1. The van der Waals surface area contributed by atoms with Crippen LogP contribution in [0.4, 0.5) is 0 Å². The van der Waals surface area contributed by atoms with Crippen molar-refractivity contribution in [1.29, 1.82) is 0 Å². The molecule has 6 nitrogen and oxygen atoms in total. The second kappa shape index (κ2) is 10.6. The molecule has 0 aliphatic heterocycles. The molecule has 8 heteroatoms. The van der Waals surface area contributed by atoms with Crippen molar-refractivity contribution >= 4 is 41.7 Å². The van der Waals surface area contributed by atoms with Crippen LogP contribution in [-0.2, 0) is 13.6 Å². The Labute approximate surface area is 173 Å². The summed E-state index contributed by atoms with van der Waals surface area (Å²) in [4.78, 5) is 4.76. The lowest BCUT2D eigenvalue weighted by Gasteiger charge is -2.28. The van der Waals surface area contributed by atoms with Gasteiger partial charge in [-0.25, -0.2) is 4.99 Å². The molecule has 1 aliphatic rings. The van der Waals surface area contributed by atoms with Gasteiger partial charge < -0.3 is 15.2 Å². The van der Waals surface area contributed by atoms with E-state index in [-0.39, 0.29) is 28.7 Å². The van der Waals surface area contributed by atoms with Crippen molar-refractivity contribution in [2.45, 2.75) is 70.2 Å². The fourth-order valence-electron chi connectivity index (χ4n) is 2.70. The summed E-state index contributed by atoms with van der Waals surface area (Å²) in [5, 5.41) is 15.4. The summed E-state index contributed by atoms with van der Waals surface area (Å²) >= 11 is 1.86. The maximum absolute atomic E-state index is 4.76. The molecule has 0 amide bonds. The highest BCUT2D eigenvalue weighted by atomic mass is 127. The number of guanidine groups is 1. The largest absolute Gasteiger partial charge is 0.355 e. The lowest BCUT2D eigenvalue weighted by atomic mass is 9.96. The van der Waals surface area contributed by atoms with E-state index in [1.54, 1.807) is 0 Å². The number of nitrogens with one attached hydrogen (secondary N) is 2. The molecule has 0 aromatic carbocycles. The first-order chi connectivity index (χ1) is 11.4. The van der Waals surface area contributed by atoms with Gasteiger partial charge in [-0.1, -0.05) is 19.3 Å². The van der Waals surface area contributed by atoms with Gasteiger partial charge in [-0.2, -0.15) is 11.8 Å². The van der Waals surface area contributed by atoms with Crippen LogP contribution >= 0.6 is 35.7 Å². The fourth-order valence-corrected chi connectivity index (χ4v) is 2.92. The number of thioether (sulfide) groups is 1. The molecule has 0 atom stereocenters. The number of rotatable bonds is 6. The predicted octanol–water partition coefficient (Wildman–Crippen LogP) is 3.25. The Morgan fingerprint density at radius 3 is 2.52 bits per heavy atom. The summed E-state index contributed by atoms with van der Waals surface area (Å²) in [6.07, 6.45) is 8.59. The van der Waals surface area contributed by atoms with Crippen LogP contribution in [0.15, 0.2) is 4.99 Å². The highest BCUT2D eigenvalue weighted by Gasteiger charge is 2.19. The Kier molecular flexibility index (Phi) is 9.55. The summed E-state index contributed by atoms with van der Waals surface area (Å²) in [5.74, 6) is 2.70. The maximum Gasteiger partial charge on any atom is 0.191 e. The average molecular weight is 480 g/mol. The van der Waals surface area contributed by atoms with E-state index in [9.17, 15) is 0 Å². The summed E-state index contributed by atoms with van der Waals surface area (Å²) in [6, 6.07) is 0.531. The van der Waals surface area contributed by atoms with Crippen molar-refractivity contribution in [3.05, 3.63) is 11.6 Å². The molecule has 0 spiro atoms. The van der Waals surface area contributed by atoms with E-state index in [0.29, 0.717) is 12.6 Å². The number of aliphatic imine (C=N–C) groups is 1. The molecule has 0 saturated heterocycles. The standard InChI is InChI=1S/C17H32N6S.HI/c1-13-21-22-15(23(13)4)11-18-16(19-12-17(2,3)24-5)20-14-9-7-6-8-10-14;/h14H,6-12H2,1-5H3,(H2,18,19,20);1H. The van der Waals surface area contributed by atoms with E-state index in [4.69, 9.17) is 4.99 Å². The minimum atomic E-state index is 0. The van der Waals surface area contributed by atoms with Crippen molar-refractivity contribution in [2.24, 2.45) is 12.0 Å². The predicted molar refractivity (Wildman–Crippen MR) is 118 cm³/mol. The monoisotopic (exact) mass is 480 g/mol. The van der Waals surface area contributed by atoms with Crippen LogP contribution in [0.2, 0.25) is 0 Å². The Hall–Kier alpha value is -0.510. The minimum absolute atomic E-state index is 0. The number of hydrogen-bond acceptors (Lipinski definition) is 4. The number of hydrogen-bond donors (Lipinski definition) is 2. The lowest BCUT2D eigenvalue weighted by Crippen LogP contribution is -2.47. The average Bonchev–Trinajstić information content (AvgIpc) is 2.90. The van der Waals surface area contributed by atoms with Crippen LogP contribution in [0.25, 0.3) is 0 Å². The Bertz CT molecular complexity index is 551. The van der Waals surface area contributed by atoms with Gasteiger partial charge in [0.05, 0.1) is 0 Å². The van der Waals surface area contributed by atoms with Crippen LogP contribution in [-0.4, -0.2) is 44.3 Å². The van der Waals surface area contributed by atoms with Gasteiger partial charge in [0.2, 0.25) is 0 Å². The Balaban J connectivity index is 0.00000312. The van der Waals surface area contributed by atoms with Gasteiger partial charge in [-0.15, -0.1) is 34.2 Å². The van der Waals surface area contributed by atoms with E-state index >= 15 is 0 Å². The second-order valence-electron chi connectivity index (χ2n) is 7.18. The molecule has 144 valence electrons. The van der Waals surface area contributed by atoms with E-state index < -0.39 is 0 Å². The van der Waals surface area contributed by atoms with Crippen LogP contribution in [0.5, 0.6) is 0 Å². The van der Waals surface area contributed by atoms with Crippen LogP contribution in [0, 0.1) is 6.92 Å². The second-order valence-corrected chi connectivity index (χ2v) is 8.70. The number of aryl methyl sites for hydroxylation is 1. The molecule has 1 saturated carbocycles. The molecule has 1 aromatic heterocycles. The number of aromatic nitrogens is 3. The quantitative estimate of drug-likeness (QED) is 0.372. The summed E-state index contributed by atoms with van der Waals surface area (Å²) < 4.78 is 2.17. The van der Waals surface area contributed by atoms with Gasteiger partial charge in [-0.05, 0) is 39.9 Å². The Morgan fingerprint density at radius 1 is 1.28 bits per heavy atom. The van der Waals surface area contributed by atoms with Gasteiger partial charge >= 0.3 is 0 Å². The lowest BCUT2D eigenvalue weighted by molar-refractivity contribution is 0.409. The van der Waals surface area contributed by atoms with E-state index in [2.05, 4.69) is 40.9 Å². The third kappa shape index (κ3) is 7.32. The van der Waals surface area contributed by atoms with Gasteiger partial charge in [0.1, 0.15) is 12.4 Å². The summed E-state index contributed by atoms with van der Waals surface area (Å²) in [5.41, 5.74) is 0. The normalized spacial score (nSPS) is 16.4. The van der Waals surface area contributed by atoms with Gasteiger partial charge in [0, 0.05) is 24.4 Å². The van der Waals surface area contributed by atoms with E-state index in [1.807, 2.05) is 30.3 Å². The van der Waals surface area contributed by atoms with Crippen LogP contribution in [0.1, 0.15) is 57.6 Å². The smallest absolute Gasteiger partial charge is 0.191 e. The number of nitrogens with zero attached hydrogens (tertiary/aromatic N) is 4. The molecule has 25 heavy (non-hydrogen) atoms. The zero-order valence-electron chi connectivity index (χ0n) is 16.1. The minimum Gasteiger partial charge on any atom is -0.355 e. The molecular weight excluding hydrogens is 447 g/mol. The molecular formula is C17H33IN6S. The molecule has 1 heterocycles. The van der Waals surface area contributed by atoms with Crippen molar-refractivity contribution in [3.63, 3.8) is 0 Å². The summed E-state index contributed by atoms with van der Waals surface area (Å²) in [7, 11) is 1.98. The fraction of sp³-hybridized carbons (Fsp3) is 0.824. The molecule has 2 N–H and O–H groups in total. The Morgan fingerprint density at radius 2 is 1.96 bits per heavy atom. The zero-order valence-corrected chi connectivity index (χ0v) is 19.3. The van der Waals surface area contributed by atoms with Crippen molar-refractivity contribution in [1.82, 2.24) is 25.4 Å². The van der Waals surface area contributed by atoms with E-state index in [1.165, 1.54) is 32.1 Å². The molecule has 1 aromatic rings. The molecule has 2 rings (SSSR count). The molecule has 0 unspecified atom stereocenters. The molecule has 1 fully saturated rings. The highest BCUT2D eigenvalue weighted by molar-refractivity contribution is 14.0. The number of halogens is 1. The molecule has 0 radical (unpaired) electrons. The van der Waals surface area contributed by atoms with Gasteiger partial charge in [0.25, 0.3) is 0 Å². The van der Waals surface area contributed by atoms with Crippen LogP contribution in [0.3, 0.4) is 0 Å². The molecule has 0 bridgehead atoms.